The fourth-order valence-corrected chi connectivity index (χ4v) is 2.88. The average Bonchev–Trinajstić information content (AvgIpc) is 3.35. The van der Waals surface area contributed by atoms with E-state index in [9.17, 15) is 9.59 Å². The van der Waals surface area contributed by atoms with E-state index in [-0.39, 0.29) is 23.7 Å². The first-order valence-electron chi connectivity index (χ1n) is 8.61. The zero-order chi connectivity index (χ0) is 18.1. The van der Waals surface area contributed by atoms with Crippen molar-refractivity contribution in [1.82, 2.24) is 0 Å². The summed E-state index contributed by atoms with van der Waals surface area (Å²) in [7, 11) is 0. The number of hydrogen-bond acceptors (Lipinski definition) is 2. The van der Waals surface area contributed by atoms with Gasteiger partial charge in [-0.05, 0) is 80.6 Å². The minimum atomic E-state index is -0.242. The van der Waals surface area contributed by atoms with E-state index in [1.54, 1.807) is 0 Å². The number of hydrogen-bond donors (Lipinski definition) is 2. The van der Waals surface area contributed by atoms with Crippen molar-refractivity contribution >= 4 is 23.2 Å². The van der Waals surface area contributed by atoms with Crippen LogP contribution in [0.1, 0.15) is 28.7 Å². The summed E-state index contributed by atoms with van der Waals surface area (Å²) in [5.41, 5.74) is 6.22. The minimum absolute atomic E-state index is 0.0801. The van der Waals surface area contributed by atoms with Crippen LogP contribution in [0.15, 0.2) is 36.4 Å². The van der Waals surface area contributed by atoms with Gasteiger partial charge in [-0.15, -0.1) is 0 Å². The molecule has 0 spiro atoms. The van der Waals surface area contributed by atoms with Crippen LogP contribution in [0.25, 0.3) is 0 Å². The molecular weight excluding hydrogens is 312 g/mol. The number of benzene rings is 2. The summed E-state index contributed by atoms with van der Waals surface area (Å²) in [6, 6.07) is 11.7. The van der Waals surface area contributed by atoms with Crippen LogP contribution in [0.3, 0.4) is 0 Å². The Morgan fingerprint density at radius 3 is 1.48 bits per heavy atom. The number of amides is 2. The van der Waals surface area contributed by atoms with Crippen molar-refractivity contribution in [3.05, 3.63) is 58.7 Å². The molecule has 3 rings (SSSR count). The molecular formula is C21H24N2O2. The maximum Gasteiger partial charge on any atom is 0.228 e. The average molecular weight is 336 g/mol. The summed E-state index contributed by atoms with van der Waals surface area (Å²) in [5, 5.41) is 5.84. The molecule has 2 amide bonds. The molecule has 0 radical (unpaired) electrons. The van der Waals surface area contributed by atoms with Gasteiger partial charge < -0.3 is 10.6 Å². The first-order valence-corrected chi connectivity index (χ1v) is 8.61. The second kappa shape index (κ2) is 6.71. The summed E-state index contributed by atoms with van der Waals surface area (Å²) in [4.78, 5) is 24.7. The predicted octanol–water partition coefficient (Wildman–Crippen LogP) is 4.13. The lowest BCUT2D eigenvalue weighted by Crippen LogP contribution is -2.20. The Labute approximate surface area is 148 Å². The van der Waals surface area contributed by atoms with Gasteiger partial charge in [0.1, 0.15) is 0 Å². The first kappa shape index (κ1) is 17.2. The van der Waals surface area contributed by atoms with E-state index in [2.05, 4.69) is 10.6 Å². The Hall–Kier alpha value is -2.62. The SMILES string of the molecule is Cc1ccc(NC(=O)C2CC2C(=O)Nc2ccc(C)c(C)c2)cc1C. The topological polar surface area (TPSA) is 58.2 Å². The number of aryl methyl sites for hydroxylation is 4. The van der Waals surface area contributed by atoms with Crippen molar-refractivity contribution in [3.63, 3.8) is 0 Å². The van der Waals surface area contributed by atoms with E-state index in [0.29, 0.717) is 6.42 Å². The van der Waals surface area contributed by atoms with E-state index in [0.717, 1.165) is 22.5 Å². The Morgan fingerprint density at radius 1 is 0.720 bits per heavy atom. The molecule has 1 aliphatic rings. The molecule has 130 valence electrons. The Morgan fingerprint density at radius 2 is 1.12 bits per heavy atom. The van der Waals surface area contributed by atoms with Crippen molar-refractivity contribution < 1.29 is 9.59 Å². The fraction of sp³-hybridized carbons (Fsp3) is 0.333. The molecule has 2 atom stereocenters. The normalized spacial score (nSPS) is 18.6. The van der Waals surface area contributed by atoms with Crippen LogP contribution < -0.4 is 10.6 Å². The van der Waals surface area contributed by atoms with Crippen LogP contribution in [0.4, 0.5) is 11.4 Å². The quantitative estimate of drug-likeness (QED) is 0.882. The first-order chi connectivity index (χ1) is 11.8. The highest BCUT2D eigenvalue weighted by atomic mass is 16.2. The van der Waals surface area contributed by atoms with Crippen LogP contribution in [0, 0.1) is 39.5 Å². The van der Waals surface area contributed by atoms with Gasteiger partial charge in [-0.1, -0.05) is 12.1 Å². The number of anilines is 2. The molecule has 1 aliphatic carbocycles. The van der Waals surface area contributed by atoms with Crippen molar-refractivity contribution in [2.24, 2.45) is 11.8 Å². The number of carbonyl (C=O) groups is 2. The van der Waals surface area contributed by atoms with Crippen LogP contribution in [0.2, 0.25) is 0 Å². The molecule has 2 unspecified atom stereocenters. The monoisotopic (exact) mass is 336 g/mol. The summed E-state index contributed by atoms with van der Waals surface area (Å²) in [6.07, 6.45) is 0.605. The second-order valence-electron chi connectivity index (χ2n) is 7.03. The van der Waals surface area contributed by atoms with Gasteiger partial charge in [0.15, 0.2) is 0 Å². The third kappa shape index (κ3) is 3.90. The third-order valence-corrected chi connectivity index (χ3v) is 5.01. The number of nitrogens with one attached hydrogen (secondary N) is 2. The Bertz CT molecular complexity index is 772. The molecule has 0 bridgehead atoms. The zero-order valence-electron chi connectivity index (χ0n) is 15.1. The van der Waals surface area contributed by atoms with Crippen LogP contribution >= 0.6 is 0 Å². The second-order valence-corrected chi connectivity index (χ2v) is 7.03. The molecule has 4 heteroatoms. The van der Waals surface area contributed by atoms with E-state index in [4.69, 9.17) is 0 Å². The third-order valence-electron chi connectivity index (χ3n) is 5.01. The van der Waals surface area contributed by atoms with Gasteiger partial charge >= 0.3 is 0 Å². The van der Waals surface area contributed by atoms with Gasteiger partial charge in [0.25, 0.3) is 0 Å². The van der Waals surface area contributed by atoms with E-state index >= 15 is 0 Å². The molecule has 1 saturated carbocycles. The summed E-state index contributed by atoms with van der Waals surface area (Å²) < 4.78 is 0. The highest BCUT2D eigenvalue weighted by Crippen LogP contribution is 2.40. The Balaban J connectivity index is 1.57. The van der Waals surface area contributed by atoms with Crippen LogP contribution in [0.5, 0.6) is 0 Å². The molecule has 0 heterocycles. The Kier molecular flexibility index (Phi) is 4.62. The van der Waals surface area contributed by atoms with Gasteiger partial charge in [-0.2, -0.15) is 0 Å². The molecule has 2 aromatic rings. The van der Waals surface area contributed by atoms with E-state index in [1.165, 1.54) is 11.1 Å². The lowest BCUT2D eigenvalue weighted by atomic mass is 10.1. The standard InChI is InChI=1S/C21H24N2O2/c1-12-5-7-16(9-14(12)3)22-20(24)18-11-19(18)21(25)23-17-8-6-13(2)15(4)10-17/h5-10,18-19H,11H2,1-4H3,(H,22,24)(H,23,25). The smallest absolute Gasteiger partial charge is 0.228 e. The van der Waals surface area contributed by atoms with Crippen molar-refractivity contribution in [1.29, 1.82) is 0 Å². The van der Waals surface area contributed by atoms with Gasteiger partial charge in [-0.3, -0.25) is 9.59 Å². The van der Waals surface area contributed by atoms with E-state index < -0.39 is 0 Å². The highest BCUT2D eigenvalue weighted by molar-refractivity contribution is 6.03. The van der Waals surface area contributed by atoms with Crippen LogP contribution in [-0.4, -0.2) is 11.8 Å². The van der Waals surface area contributed by atoms with Gasteiger partial charge in [0.05, 0.1) is 11.8 Å². The molecule has 0 aliphatic heterocycles. The molecule has 4 nitrogen and oxygen atoms in total. The summed E-state index contributed by atoms with van der Waals surface area (Å²) >= 11 is 0. The van der Waals surface area contributed by atoms with Gasteiger partial charge in [0, 0.05) is 11.4 Å². The van der Waals surface area contributed by atoms with Crippen molar-refractivity contribution in [2.75, 3.05) is 10.6 Å². The molecule has 0 saturated heterocycles. The molecule has 1 fully saturated rings. The maximum absolute atomic E-state index is 12.3. The molecule has 0 aromatic heterocycles. The zero-order valence-corrected chi connectivity index (χ0v) is 15.1. The van der Waals surface area contributed by atoms with Crippen molar-refractivity contribution in [2.45, 2.75) is 34.1 Å². The molecule has 2 aromatic carbocycles. The molecule has 25 heavy (non-hydrogen) atoms. The number of carbonyl (C=O) groups excluding carboxylic acids is 2. The minimum Gasteiger partial charge on any atom is -0.326 e. The molecule has 2 N–H and O–H groups in total. The lowest BCUT2D eigenvalue weighted by Gasteiger charge is -2.09. The van der Waals surface area contributed by atoms with Gasteiger partial charge in [0.2, 0.25) is 11.8 Å². The summed E-state index contributed by atoms with van der Waals surface area (Å²) in [6.45, 7) is 8.10. The maximum atomic E-state index is 12.3. The largest absolute Gasteiger partial charge is 0.326 e. The number of rotatable bonds is 4. The fourth-order valence-electron chi connectivity index (χ4n) is 2.88. The lowest BCUT2D eigenvalue weighted by molar-refractivity contribution is -0.122. The summed E-state index contributed by atoms with van der Waals surface area (Å²) in [5.74, 6) is -0.645. The predicted molar refractivity (Wildman–Crippen MR) is 101 cm³/mol. The highest BCUT2D eigenvalue weighted by Gasteiger charge is 2.48. The van der Waals surface area contributed by atoms with Crippen molar-refractivity contribution in [3.8, 4) is 0 Å². The van der Waals surface area contributed by atoms with Gasteiger partial charge in [-0.25, -0.2) is 0 Å². The van der Waals surface area contributed by atoms with Crippen LogP contribution in [-0.2, 0) is 9.59 Å². The van der Waals surface area contributed by atoms with E-state index in [1.807, 2.05) is 64.1 Å².